The molecule has 3 atom stereocenters. The van der Waals surface area contributed by atoms with Crippen molar-refractivity contribution in [3.63, 3.8) is 0 Å². The van der Waals surface area contributed by atoms with Crippen LogP contribution in [0, 0.1) is 17.8 Å². The summed E-state index contributed by atoms with van der Waals surface area (Å²) < 4.78 is 0. The Balaban J connectivity index is 5.16. The van der Waals surface area contributed by atoms with Crippen molar-refractivity contribution in [1.29, 1.82) is 0 Å². The van der Waals surface area contributed by atoms with Crippen molar-refractivity contribution >= 4 is 0 Å². The Morgan fingerprint density at radius 2 is 0.535 bits per heavy atom. The summed E-state index contributed by atoms with van der Waals surface area (Å²) in [4.78, 5) is 10.5. The summed E-state index contributed by atoms with van der Waals surface area (Å²) in [7, 11) is 0. The van der Waals surface area contributed by atoms with Crippen molar-refractivity contribution in [3.05, 3.63) is 0 Å². The third kappa shape index (κ3) is 25.5. The first-order valence-corrected chi connectivity index (χ1v) is 17.9. The predicted octanol–water partition coefficient (Wildman–Crippen LogP) is 1.37. The average Bonchev–Trinajstić information content (AvgIpc) is 3.00. The van der Waals surface area contributed by atoms with Crippen LogP contribution < -0.4 is 34.4 Å². The third-order valence-electron chi connectivity index (χ3n) is 8.59. The van der Waals surface area contributed by atoms with Gasteiger partial charge in [-0.05, 0) is 174 Å². The van der Waals surface area contributed by atoms with Gasteiger partial charge in [-0.1, -0.05) is 20.8 Å². The molecule has 10 nitrogen and oxygen atoms in total. The molecule has 0 aromatic carbocycles. The van der Waals surface area contributed by atoms with E-state index < -0.39 is 0 Å². The maximum atomic E-state index is 5.82. The smallest absolute Gasteiger partial charge is 0.000751 e. The summed E-state index contributed by atoms with van der Waals surface area (Å²) in [6.45, 7) is 25.1. The van der Waals surface area contributed by atoms with Gasteiger partial charge in [0, 0.05) is 19.6 Å². The van der Waals surface area contributed by atoms with Crippen LogP contribution in [0.15, 0.2) is 0 Å². The van der Waals surface area contributed by atoms with Gasteiger partial charge >= 0.3 is 0 Å². The van der Waals surface area contributed by atoms with E-state index in [9.17, 15) is 0 Å². The van der Waals surface area contributed by atoms with E-state index in [4.69, 9.17) is 34.4 Å². The fourth-order valence-corrected chi connectivity index (χ4v) is 5.91. The van der Waals surface area contributed by atoms with E-state index in [1.54, 1.807) is 0 Å². The van der Waals surface area contributed by atoms with Gasteiger partial charge in [0.2, 0.25) is 0 Å². The van der Waals surface area contributed by atoms with Crippen LogP contribution in [0.3, 0.4) is 0 Å². The Hall–Kier alpha value is -0.400. The minimum atomic E-state index is 0.652. The average molecular weight is 615 g/mol. The summed E-state index contributed by atoms with van der Waals surface area (Å²) in [6.07, 6.45) is 10.0. The van der Waals surface area contributed by atoms with Gasteiger partial charge in [-0.25, -0.2) is 0 Å². The SMILES string of the molecule is CC(CCN(CCC(C)CN(CCCN)CCCN)CCC(C)CN(CCCN)CCCN)CN(CCCN)CCCN. The summed E-state index contributed by atoms with van der Waals surface area (Å²) in [6, 6.07) is 0. The lowest BCUT2D eigenvalue weighted by Crippen LogP contribution is -2.37. The molecule has 0 rings (SSSR count). The van der Waals surface area contributed by atoms with Gasteiger partial charge < -0.3 is 54.0 Å². The van der Waals surface area contributed by atoms with Gasteiger partial charge in [0.05, 0.1) is 0 Å². The number of nitrogens with two attached hydrogens (primary N) is 6. The molecule has 0 bridgehead atoms. The quantitative estimate of drug-likeness (QED) is 0.0635. The number of hydrogen-bond acceptors (Lipinski definition) is 10. The summed E-state index contributed by atoms with van der Waals surface area (Å²) in [5.74, 6) is 1.96. The molecular weight excluding hydrogens is 536 g/mol. The Bertz CT molecular complexity index is 470. The third-order valence-corrected chi connectivity index (χ3v) is 8.59. The molecule has 0 radical (unpaired) electrons. The second-order valence-corrected chi connectivity index (χ2v) is 13.3. The molecule has 3 unspecified atom stereocenters. The molecule has 43 heavy (non-hydrogen) atoms. The lowest BCUT2D eigenvalue weighted by atomic mass is 10.0. The maximum absolute atomic E-state index is 5.82. The van der Waals surface area contributed by atoms with Crippen LogP contribution in [-0.4, -0.2) is 137 Å². The van der Waals surface area contributed by atoms with Crippen molar-refractivity contribution in [3.8, 4) is 0 Å². The van der Waals surface area contributed by atoms with Crippen LogP contribution in [-0.2, 0) is 0 Å². The molecule has 10 heteroatoms. The molecule has 0 aliphatic heterocycles. The van der Waals surface area contributed by atoms with Gasteiger partial charge in [0.25, 0.3) is 0 Å². The highest BCUT2D eigenvalue weighted by molar-refractivity contribution is 4.72. The van der Waals surface area contributed by atoms with Crippen molar-refractivity contribution in [2.24, 2.45) is 52.2 Å². The maximum Gasteiger partial charge on any atom is 0.000751 e. The minimum absolute atomic E-state index is 0.652. The molecule has 0 fully saturated rings. The standard InChI is InChI=1S/C33H78N10/c1-31(28-41(19-4-13-34)20-5-14-35)10-25-40(26-11-32(2)29-42(21-6-15-36)22-7-16-37)27-12-33(3)30-43(23-8-17-38)24-9-18-39/h31-33H,4-30,34-39H2,1-3H3. The molecule has 12 N–H and O–H groups in total. The molecule has 0 saturated heterocycles. The lowest BCUT2D eigenvalue weighted by molar-refractivity contribution is 0.172. The van der Waals surface area contributed by atoms with E-state index in [2.05, 4.69) is 40.4 Å². The van der Waals surface area contributed by atoms with Crippen LogP contribution >= 0.6 is 0 Å². The Morgan fingerprint density at radius 3 is 0.721 bits per heavy atom. The zero-order valence-electron chi connectivity index (χ0n) is 29.1. The van der Waals surface area contributed by atoms with E-state index in [0.717, 1.165) is 156 Å². The summed E-state index contributed by atoms with van der Waals surface area (Å²) in [5, 5.41) is 0. The van der Waals surface area contributed by atoms with Crippen molar-refractivity contribution in [1.82, 2.24) is 19.6 Å². The van der Waals surface area contributed by atoms with E-state index in [-0.39, 0.29) is 0 Å². The highest BCUT2D eigenvalue weighted by atomic mass is 15.1. The molecule has 0 spiro atoms. The minimum Gasteiger partial charge on any atom is -0.330 e. The first-order chi connectivity index (χ1) is 20.8. The monoisotopic (exact) mass is 615 g/mol. The van der Waals surface area contributed by atoms with Crippen LogP contribution in [0.5, 0.6) is 0 Å². The van der Waals surface area contributed by atoms with Crippen LogP contribution in [0.25, 0.3) is 0 Å². The summed E-state index contributed by atoms with van der Waals surface area (Å²) in [5.41, 5.74) is 34.9. The van der Waals surface area contributed by atoms with Gasteiger partial charge in [-0.3, -0.25) is 0 Å². The molecule has 0 aromatic heterocycles. The molecule has 0 aromatic rings. The number of hydrogen-bond donors (Lipinski definition) is 6. The topological polar surface area (TPSA) is 169 Å². The molecule has 0 aliphatic rings. The predicted molar refractivity (Wildman–Crippen MR) is 189 cm³/mol. The Kier molecular flexibility index (Phi) is 30.0. The lowest BCUT2D eigenvalue weighted by Gasteiger charge is -2.31. The molecule has 0 saturated carbocycles. The first kappa shape index (κ1) is 42.6. The van der Waals surface area contributed by atoms with E-state index >= 15 is 0 Å². The van der Waals surface area contributed by atoms with Gasteiger partial charge in [0.1, 0.15) is 0 Å². The van der Waals surface area contributed by atoms with Crippen molar-refractivity contribution in [2.75, 3.05) is 118 Å². The Labute approximate surface area is 267 Å². The van der Waals surface area contributed by atoms with Crippen LogP contribution in [0.1, 0.15) is 78.6 Å². The molecule has 0 amide bonds. The van der Waals surface area contributed by atoms with E-state index in [1.165, 1.54) is 19.3 Å². The van der Waals surface area contributed by atoms with Gasteiger partial charge in [-0.15, -0.1) is 0 Å². The highest BCUT2D eigenvalue weighted by Crippen LogP contribution is 2.14. The Morgan fingerprint density at radius 1 is 0.326 bits per heavy atom. The van der Waals surface area contributed by atoms with Crippen LogP contribution in [0.2, 0.25) is 0 Å². The zero-order chi connectivity index (χ0) is 32.1. The first-order valence-electron chi connectivity index (χ1n) is 17.9. The van der Waals surface area contributed by atoms with E-state index in [0.29, 0.717) is 17.8 Å². The molecule has 260 valence electrons. The highest BCUT2D eigenvalue weighted by Gasteiger charge is 2.17. The fraction of sp³-hybridized carbons (Fsp3) is 1.00. The summed E-state index contributed by atoms with van der Waals surface area (Å²) >= 11 is 0. The number of nitrogens with zero attached hydrogens (tertiary/aromatic N) is 4. The number of rotatable bonds is 33. The molecule has 0 heterocycles. The zero-order valence-corrected chi connectivity index (χ0v) is 29.1. The van der Waals surface area contributed by atoms with E-state index in [1.807, 2.05) is 0 Å². The van der Waals surface area contributed by atoms with Gasteiger partial charge in [-0.2, -0.15) is 0 Å². The van der Waals surface area contributed by atoms with Crippen molar-refractivity contribution < 1.29 is 0 Å². The molecular formula is C33H78N10. The van der Waals surface area contributed by atoms with Gasteiger partial charge in [0.15, 0.2) is 0 Å². The second-order valence-electron chi connectivity index (χ2n) is 13.3. The molecule has 0 aliphatic carbocycles. The fourth-order valence-electron chi connectivity index (χ4n) is 5.91. The second kappa shape index (κ2) is 30.3. The van der Waals surface area contributed by atoms with Crippen LogP contribution in [0.4, 0.5) is 0 Å². The largest absolute Gasteiger partial charge is 0.330 e. The normalized spacial score (nSPS) is 14.4. The van der Waals surface area contributed by atoms with Crippen molar-refractivity contribution in [2.45, 2.75) is 78.6 Å².